The van der Waals surface area contributed by atoms with Crippen LogP contribution in [-0.2, 0) is 6.54 Å². The highest BCUT2D eigenvalue weighted by Gasteiger charge is 2.23. The molecule has 1 aromatic rings. The van der Waals surface area contributed by atoms with E-state index in [-0.39, 0.29) is 0 Å². The van der Waals surface area contributed by atoms with Gasteiger partial charge in [0, 0.05) is 35.4 Å². The monoisotopic (exact) mass is 196 g/mol. The van der Waals surface area contributed by atoms with Gasteiger partial charge in [0.1, 0.15) is 0 Å². The van der Waals surface area contributed by atoms with Gasteiger partial charge in [-0.25, -0.2) is 0 Å². The highest BCUT2D eigenvalue weighted by atomic mass is 32.1. The molecule has 0 atom stereocenters. The van der Waals surface area contributed by atoms with Crippen molar-refractivity contribution in [1.82, 2.24) is 4.90 Å². The lowest BCUT2D eigenvalue weighted by Gasteiger charge is -2.36. The fourth-order valence-corrected chi connectivity index (χ4v) is 2.76. The maximum atomic E-state index is 5.73. The van der Waals surface area contributed by atoms with Crippen LogP contribution in [0.2, 0.25) is 0 Å². The zero-order chi connectivity index (χ0) is 9.42. The molecule has 2 heterocycles. The largest absolute Gasteiger partial charge is 0.325 e. The minimum Gasteiger partial charge on any atom is -0.325 e. The lowest BCUT2D eigenvalue weighted by Crippen LogP contribution is -2.54. The second kappa shape index (κ2) is 3.40. The van der Waals surface area contributed by atoms with E-state index in [9.17, 15) is 0 Å². The van der Waals surface area contributed by atoms with Gasteiger partial charge in [0.2, 0.25) is 0 Å². The van der Waals surface area contributed by atoms with Crippen LogP contribution < -0.4 is 5.73 Å². The number of hydrogen-bond donors (Lipinski definition) is 1. The van der Waals surface area contributed by atoms with E-state index in [0.717, 1.165) is 19.6 Å². The van der Waals surface area contributed by atoms with E-state index in [1.165, 1.54) is 15.3 Å². The first-order valence-corrected chi connectivity index (χ1v) is 5.50. The maximum absolute atomic E-state index is 5.73. The summed E-state index contributed by atoms with van der Waals surface area (Å²) in [5.41, 5.74) is 7.21. The zero-order valence-electron chi connectivity index (χ0n) is 8.21. The summed E-state index contributed by atoms with van der Waals surface area (Å²) in [4.78, 5) is 5.27. The molecule has 13 heavy (non-hydrogen) atoms. The third-order valence-electron chi connectivity index (χ3n) is 2.52. The standard InChI is InChI=1S/C10H16N2S/c1-7-3-9(8(2)13-7)4-12-5-10(11)6-12/h3,10H,4-6,11H2,1-2H3. The zero-order valence-corrected chi connectivity index (χ0v) is 9.03. The van der Waals surface area contributed by atoms with Crippen LogP contribution in [0.1, 0.15) is 15.3 Å². The van der Waals surface area contributed by atoms with Crippen molar-refractivity contribution < 1.29 is 0 Å². The van der Waals surface area contributed by atoms with E-state index in [1.54, 1.807) is 0 Å². The van der Waals surface area contributed by atoms with Gasteiger partial charge in [-0.3, -0.25) is 4.90 Å². The highest BCUT2D eigenvalue weighted by molar-refractivity contribution is 7.12. The van der Waals surface area contributed by atoms with Crippen LogP contribution in [0.4, 0.5) is 0 Å². The Labute approximate surface area is 83.4 Å². The summed E-state index contributed by atoms with van der Waals surface area (Å²) in [6, 6.07) is 2.71. The van der Waals surface area contributed by atoms with Gasteiger partial charge in [-0.15, -0.1) is 11.3 Å². The fraction of sp³-hybridized carbons (Fsp3) is 0.600. The molecular formula is C10H16N2S. The van der Waals surface area contributed by atoms with Gasteiger partial charge in [-0.2, -0.15) is 0 Å². The maximum Gasteiger partial charge on any atom is 0.0297 e. The summed E-state index contributed by atoms with van der Waals surface area (Å²) in [6.45, 7) is 7.59. The Morgan fingerprint density at radius 3 is 2.69 bits per heavy atom. The first kappa shape index (κ1) is 9.19. The predicted octanol–water partition coefficient (Wildman–Crippen LogP) is 1.51. The van der Waals surface area contributed by atoms with Gasteiger partial charge in [-0.05, 0) is 25.5 Å². The number of thiophene rings is 1. The van der Waals surface area contributed by atoms with Crippen molar-refractivity contribution in [1.29, 1.82) is 0 Å². The van der Waals surface area contributed by atoms with Crippen LogP contribution in [0.25, 0.3) is 0 Å². The molecule has 0 saturated carbocycles. The molecule has 0 radical (unpaired) electrons. The Balaban J connectivity index is 1.98. The number of nitrogens with zero attached hydrogens (tertiary/aromatic N) is 1. The molecule has 0 bridgehead atoms. The second-order valence-corrected chi connectivity index (χ2v) is 5.35. The van der Waals surface area contributed by atoms with Crippen molar-refractivity contribution in [3.05, 3.63) is 21.4 Å². The Hall–Kier alpha value is -0.380. The van der Waals surface area contributed by atoms with Gasteiger partial charge >= 0.3 is 0 Å². The molecule has 1 aromatic heterocycles. The van der Waals surface area contributed by atoms with Crippen molar-refractivity contribution in [2.75, 3.05) is 13.1 Å². The first-order chi connectivity index (χ1) is 6.15. The van der Waals surface area contributed by atoms with Crippen LogP contribution in [0.3, 0.4) is 0 Å². The molecule has 1 fully saturated rings. The Bertz CT molecular complexity index is 300. The van der Waals surface area contributed by atoms with Crippen LogP contribution in [-0.4, -0.2) is 24.0 Å². The van der Waals surface area contributed by atoms with E-state index in [4.69, 9.17) is 5.73 Å². The average molecular weight is 196 g/mol. The Morgan fingerprint density at radius 1 is 1.54 bits per heavy atom. The molecule has 0 unspecified atom stereocenters. The number of likely N-dealkylation sites (tertiary alicyclic amines) is 1. The van der Waals surface area contributed by atoms with E-state index in [1.807, 2.05) is 11.3 Å². The van der Waals surface area contributed by atoms with Crippen LogP contribution >= 0.6 is 11.3 Å². The molecule has 2 rings (SSSR count). The molecule has 3 heteroatoms. The first-order valence-electron chi connectivity index (χ1n) is 4.69. The molecule has 0 aromatic carbocycles. The highest BCUT2D eigenvalue weighted by Crippen LogP contribution is 2.23. The van der Waals surface area contributed by atoms with Gasteiger partial charge in [0.15, 0.2) is 0 Å². The van der Waals surface area contributed by atoms with Crippen molar-refractivity contribution in [3.63, 3.8) is 0 Å². The number of nitrogens with two attached hydrogens (primary N) is 1. The van der Waals surface area contributed by atoms with Gasteiger partial charge in [0.05, 0.1) is 0 Å². The summed E-state index contributed by atoms with van der Waals surface area (Å²) in [5, 5.41) is 0. The Kier molecular flexibility index (Phi) is 2.41. The molecule has 1 aliphatic rings. The summed E-state index contributed by atoms with van der Waals surface area (Å²) < 4.78 is 0. The van der Waals surface area contributed by atoms with E-state index < -0.39 is 0 Å². The molecule has 2 N–H and O–H groups in total. The molecule has 1 aliphatic heterocycles. The third kappa shape index (κ3) is 1.93. The van der Waals surface area contributed by atoms with Crippen molar-refractivity contribution in [3.8, 4) is 0 Å². The van der Waals surface area contributed by atoms with Gasteiger partial charge < -0.3 is 5.73 Å². The fourth-order valence-electron chi connectivity index (χ4n) is 1.82. The quantitative estimate of drug-likeness (QED) is 0.777. The Morgan fingerprint density at radius 2 is 2.23 bits per heavy atom. The van der Waals surface area contributed by atoms with E-state index in [2.05, 4.69) is 24.8 Å². The molecule has 0 aliphatic carbocycles. The summed E-state index contributed by atoms with van der Waals surface area (Å²) in [7, 11) is 0. The smallest absolute Gasteiger partial charge is 0.0297 e. The van der Waals surface area contributed by atoms with Crippen molar-refractivity contribution in [2.45, 2.75) is 26.4 Å². The number of aryl methyl sites for hydroxylation is 2. The lowest BCUT2D eigenvalue weighted by atomic mass is 10.1. The average Bonchev–Trinajstić information content (AvgIpc) is 2.27. The van der Waals surface area contributed by atoms with Gasteiger partial charge in [-0.1, -0.05) is 0 Å². The van der Waals surface area contributed by atoms with E-state index >= 15 is 0 Å². The SMILES string of the molecule is Cc1cc(CN2CC(N)C2)c(C)s1. The molecule has 0 spiro atoms. The topological polar surface area (TPSA) is 29.3 Å². The minimum absolute atomic E-state index is 0.417. The summed E-state index contributed by atoms with van der Waals surface area (Å²) >= 11 is 1.89. The van der Waals surface area contributed by atoms with Crippen LogP contribution in [0.5, 0.6) is 0 Å². The van der Waals surface area contributed by atoms with Gasteiger partial charge in [0.25, 0.3) is 0 Å². The second-order valence-electron chi connectivity index (χ2n) is 3.89. The lowest BCUT2D eigenvalue weighted by molar-refractivity contribution is 0.142. The van der Waals surface area contributed by atoms with E-state index in [0.29, 0.717) is 6.04 Å². The number of hydrogen-bond acceptors (Lipinski definition) is 3. The van der Waals surface area contributed by atoms with Crippen molar-refractivity contribution in [2.24, 2.45) is 5.73 Å². The molecule has 0 amide bonds. The van der Waals surface area contributed by atoms with Crippen LogP contribution in [0, 0.1) is 13.8 Å². The van der Waals surface area contributed by atoms with Crippen LogP contribution in [0.15, 0.2) is 6.07 Å². The number of rotatable bonds is 2. The third-order valence-corrected chi connectivity index (χ3v) is 3.53. The molecule has 72 valence electrons. The molecular weight excluding hydrogens is 180 g/mol. The van der Waals surface area contributed by atoms with Crippen molar-refractivity contribution >= 4 is 11.3 Å². The summed E-state index contributed by atoms with van der Waals surface area (Å²) in [5.74, 6) is 0. The normalized spacial score (nSPS) is 19.0. The molecule has 1 saturated heterocycles. The minimum atomic E-state index is 0.417. The predicted molar refractivity (Wildman–Crippen MR) is 57.0 cm³/mol. The molecule has 2 nitrogen and oxygen atoms in total. The summed E-state index contributed by atoms with van der Waals surface area (Å²) in [6.07, 6.45) is 0.